The zero-order valence-corrected chi connectivity index (χ0v) is 10.7. The van der Waals surface area contributed by atoms with Crippen molar-refractivity contribution in [1.29, 1.82) is 0 Å². The number of halogens is 1. The van der Waals surface area contributed by atoms with Gasteiger partial charge in [0.15, 0.2) is 0 Å². The second-order valence-electron chi connectivity index (χ2n) is 4.15. The quantitative estimate of drug-likeness (QED) is 0.844. The van der Waals surface area contributed by atoms with Crippen molar-refractivity contribution >= 4 is 21.7 Å². The van der Waals surface area contributed by atoms with Crippen molar-refractivity contribution < 1.29 is 9.53 Å². The van der Waals surface area contributed by atoms with Crippen molar-refractivity contribution in [3.05, 3.63) is 28.7 Å². The lowest BCUT2D eigenvalue weighted by molar-refractivity contribution is -0.121. The highest BCUT2D eigenvalue weighted by Crippen LogP contribution is 2.24. The van der Waals surface area contributed by atoms with E-state index in [0.29, 0.717) is 12.4 Å². The van der Waals surface area contributed by atoms with Crippen LogP contribution in [0.15, 0.2) is 28.7 Å². The van der Waals surface area contributed by atoms with Crippen molar-refractivity contribution in [2.45, 2.75) is 25.7 Å². The van der Waals surface area contributed by atoms with Crippen LogP contribution in [0, 0.1) is 5.92 Å². The predicted molar refractivity (Wildman–Crippen MR) is 66.6 cm³/mol. The van der Waals surface area contributed by atoms with E-state index in [2.05, 4.69) is 15.9 Å². The Morgan fingerprint density at radius 2 is 2.06 bits per heavy atom. The van der Waals surface area contributed by atoms with Crippen LogP contribution in [0.5, 0.6) is 5.75 Å². The van der Waals surface area contributed by atoms with E-state index >= 15 is 0 Å². The Morgan fingerprint density at radius 1 is 1.31 bits per heavy atom. The molecule has 0 spiro atoms. The molecule has 1 fully saturated rings. The molecule has 86 valence electrons. The lowest BCUT2D eigenvalue weighted by Gasteiger charge is -2.09. The molecule has 1 saturated carbocycles. The highest BCUT2D eigenvalue weighted by Gasteiger charge is 2.23. The van der Waals surface area contributed by atoms with Crippen LogP contribution in [0.2, 0.25) is 0 Å². The van der Waals surface area contributed by atoms with Gasteiger partial charge in [0.1, 0.15) is 11.5 Å². The van der Waals surface area contributed by atoms with Gasteiger partial charge < -0.3 is 4.74 Å². The molecule has 2 rings (SSSR count). The van der Waals surface area contributed by atoms with Gasteiger partial charge >= 0.3 is 0 Å². The number of carbonyl (C=O) groups excluding carboxylic acids is 1. The van der Waals surface area contributed by atoms with Gasteiger partial charge in [-0.15, -0.1) is 0 Å². The Labute approximate surface area is 104 Å². The first-order valence-corrected chi connectivity index (χ1v) is 6.46. The van der Waals surface area contributed by atoms with Gasteiger partial charge in [-0.2, -0.15) is 0 Å². The number of ketones is 1. The van der Waals surface area contributed by atoms with E-state index < -0.39 is 0 Å². The van der Waals surface area contributed by atoms with E-state index in [-0.39, 0.29) is 5.92 Å². The molecule has 0 bridgehead atoms. The van der Waals surface area contributed by atoms with E-state index in [0.717, 1.165) is 35.9 Å². The SMILES string of the molecule is O=C1CCCC1CCOc1ccc(Br)cc1. The van der Waals surface area contributed by atoms with Gasteiger partial charge in [0.05, 0.1) is 6.61 Å². The maximum Gasteiger partial charge on any atom is 0.136 e. The molecule has 1 aliphatic carbocycles. The summed E-state index contributed by atoms with van der Waals surface area (Å²) >= 11 is 3.38. The summed E-state index contributed by atoms with van der Waals surface area (Å²) in [5.41, 5.74) is 0. The van der Waals surface area contributed by atoms with Crippen LogP contribution >= 0.6 is 15.9 Å². The largest absolute Gasteiger partial charge is 0.494 e. The number of benzene rings is 1. The molecule has 0 N–H and O–H groups in total. The smallest absolute Gasteiger partial charge is 0.136 e. The average Bonchev–Trinajstić information content (AvgIpc) is 2.68. The molecule has 2 nitrogen and oxygen atoms in total. The normalized spacial score (nSPS) is 20.1. The molecule has 1 atom stereocenters. The fraction of sp³-hybridized carbons (Fsp3) is 0.462. The standard InChI is InChI=1S/C13H15BrO2/c14-11-4-6-12(7-5-11)16-9-8-10-2-1-3-13(10)15/h4-7,10H,1-3,8-9H2. The number of hydrogen-bond donors (Lipinski definition) is 0. The third kappa shape index (κ3) is 3.08. The highest BCUT2D eigenvalue weighted by atomic mass is 79.9. The number of carbonyl (C=O) groups is 1. The van der Waals surface area contributed by atoms with Crippen LogP contribution in [0.1, 0.15) is 25.7 Å². The molecule has 0 aliphatic heterocycles. The Morgan fingerprint density at radius 3 is 2.69 bits per heavy atom. The van der Waals surface area contributed by atoms with Crippen molar-refractivity contribution in [1.82, 2.24) is 0 Å². The van der Waals surface area contributed by atoms with Gasteiger partial charge in [0.2, 0.25) is 0 Å². The van der Waals surface area contributed by atoms with Crippen molar-refractivity contribution in [3.8, 4) is 5.75 Å². The molecule has 1 aromatic rings. The minimum absolute atomic E-state index is 0.246. The number of ether oxygens (including phenoxy) is 1. The lowest BCUT2D eigenvalue weighted by Crippen LogP contribution is -2.11. The maximum absolute atomic E-state index is 11.4. The second kappa shape index (κ2) is 5.48. The van der Waals surface area contributed by atoms with Crippen LogP contribution in [-0.2, 0) is 4.79 Å². The lowest BCUT2D eigenvalue weighted by atomic mass is 10.0. The van der Waals surface area contributed by atoms with Gasteiger partial charge in [-0.1, -0.05) is 15.9 Å². The topological polar surface area (TPSA) is 26.3 Å². The molecular weight excluding hydrogens is 268 g/mol. The van der Waals surface area contributed by atoms with Gasteiger partial charge in [-0.05, 0) is 43.5 Å². The predicted octanol–water partition coefficient (Wildman–Crippen LogP) is 3.59. The van der Waals surface area contributed by atoms with E-state index in [4.69, 9.17) is 4.74 Å². The highest BCUT2D eigenvalue weighted by molar-refractivity contribution is 9.10. The van der Waals surface area contributed by atoms with Crippen molar-refractivity contribution in [3.63, 3.8) is 0 Å². The first-order valence-electron chi connectivity index (χ1n) is 5.67. The molecule has 1 unspecified atom stereocenters. The van der Waals surface area contributed by atoms with Gasteiger partial charge in [-0.25, -0.2) is 0 Å². The van der Waals surface area contributed by atoms with Gasteiger partial charge in [0, 0.05) is 16.8 Å². The van der Waals surface area contributed by atoms with E-state index in [1.165, 1.54) is 0 Å². The molecule has 0 heterocycles. The number of Topliss-reactive ketones (excluding diaryl/α,β-unsaturated/α-hetero) is 1. The third-order valence-corrected chi connectivity index (χ3v) is 3.51. The van der Waals surface area contributed by atoms with Crippen LogP contribution in [0.25, 0.3) is 0 Å². The molecule has 1 aliphatic rings. The zero-order valence-electron chi connectivity index (χ0n) is 9.12. The molecule has 0 saturated heterocycles. The summed E-state index contributed by atoms with van der Waals surface area (Å²) in [5.74, 6) is 1.53. The van der Waals surface area contributed by atoms with E-state index in [1.54, 1.807) is 0 Å². The fourth-order valence-electron chi connectivity index (χ4n) is 2.04. The Hall–Kier alpha value is -0.830. The summed E-state index contributed by atoms with van der Waals surface area (Å²) in [6.45, 7) is 0.637. The van der Waals surface area contributed by atoms with Gasteiger partial charge in [-0.3, -0.25) is 4.79 Å². The summed E-state index contributed by atoms with van der Waals surface area (Å²) in [4.78, 5) is 11.4. The Kier molecular flexibility index (Phi) is 3.99. The van der Waals surface area contributed by atoms with Crippen molar-refractivity contribution in [2.75, 3.05) is 6.61 Å². The van der Waals surface area contributed by atoms with Crippen molar-refractivity contribution in [2.24, 2.45) is 5.92 Å². The van der Waals surface area contributed by atoms with Crippen LogP contribution < -0.4 is 4.74 Å². The maximum atomic E-state index is 11.4. The number of hydrogen-bond acceptors (Lipinski definition) is 2. The summed E-state index contributed by atoms with van der Waals surface area (Å²) < 4.78 is 6.65. The third-order valence-electron chi connectivity index (χ3n) is 2.98. The Balaban J connectivity index is 1.75. The molecule has 0 aromatic heterocycles. The molecule has 1 aromatic carbocycles. The fourth-order valence-corrected chi connectivity index (χ4v) is 2.31. The molecule has 0 amide bonds. The summed E-state index contributed by atoms with van der Waals surface area (Å²) in [6, 6.07) is 7.77. The minimum atomic E-state index is 0.246. The average molecular weight is 283 g/mol. The first kappa shape index (κ1) is 11.6. The van der Waals surface area contributed by atoms with E-state index in [1.807, 2.05) is 24.3 Å². The summed E-state index contributed by atoms with van der Waals surface area (Å²) in [7, 11) is 0. The van der Waals surface area contributed by atoms with Crippen LogP contribution in [0.3, 0.4) is 0 Å². The Bertz CT molecular complexity index is 359. The molecule has 0 radical (unpaired) electrons. The van der Waals surface area contributed by atoms with Gasteiger partial charge in [0.25, 0.3) is 0 Å². The summed E-state index contributed by atoms with van der Waals surface area (Å²) in [5, 5.41) is 0. The summed E-state index contributed by atoms with van der Waals surface area (Å²) in [6.07, 6.45) is 3.72. The molecular formula is C13H15BrO2. The molecule has 16 heavy (non-hydrogen) atoms. The molecule has 3 heteroatoms. The monoisotopic (exact) mass is 282 g/mol. The van der Waals surface area contributed by atoms with Crippen LogP contribution in [0.4, 0.5) is 0 Å². The zero-order chi connectivity index (χ0) is 11.4. The second-order valence-corrected chi connectivity index (χ2v) is 5.06. The van der Waals surface area contributed by atoms with E-state index in [9.17, 15) is 4.79 Å². The first-order chi connectivity index (χ1) is 7.75. The minimum Gasteiger partial charge on any atom is -0.494 e. The number of rotatable bonds is 4. The van der Waals surface area contributed by atoms with Crippen LogP contribution in [-0.4, -0.2) is 12.4 Å².